The van der Waals surface area contributed by atoms with Crippen LogP contribution in [0.4, 0.5) is 4.79 Å². The molecule has 31 heavy (non-hydrogen) atoms. The third kappa shape index (κ3) is 3.63. The SMILES string of the molecule is COc1ccc(CNC(=O)[C@H](C)N2C(=O)N[C@](C)(c3ccc4c(c3)OCO4)C2=O)cc1. The van der Waals surface area contributed by atoms with Gasteiger partial charge in [0, 0.05) is 6.54 Å². The van der Waals surface area contributed by atoms with Gasteiger partial charge < -0.3 is 24.8 Å². The highest BCUT2D eigenvalue weighted by atomic mass is 16.7. The Kier molecular flexibility index (Phi) is 5.18. The minimum Gasteiger partial charge on any atom is -0.497 e. The van der Waals surface area contributed by atoms with Crippen molar-refractivity contribution < 1.29 is 28.6 Å². The van der Waals surface area contributed by atoms with Gasteiger partial charge in [-0.3, -0.25) is 9.59 Å². The van der Waals surface area contributed by atoms with Crippen molar-refractivity contribution >= 4 is 17.8 Å². The third-order valence-corrected chi connectivity index (χ3v) is 5.56. The highest BCUT2D eigenvalue weighted by Crippen LogP contribution is 2.38. The molecule has 9 heteroatoms. The van der Waals surface area contributed by atoms with Crippen LogP contribution in [0.5, 0.6) is 17.2 Å². The number of carbonyl (C=O) groups is 3. The van der Waals surface area contributed by atoms with Crippen molar-refractivity contribution in [1.29, 1.82) is 0 Å². The van der Waals surface area contributed by atoms with Gasteiger partial charge in [-0.15, -0.1) is 0 Å². The minimum absolute atomic E-state index is 0.104. The minimum atomic E-state index is -1.32. The normalized spacial score (nSPS) is 20.4. The van der Waals surface area contributed by atoms with E-state index >= 15 is 0 Å². The van der Waals surface area contributed by atoms with Crippen molar-refractivity contribution in [3.8, 4) is 17.2 Å². The third-order valence-electron chi connectivity index (χ3n) is 5.56. The molecular weight excluding hydrogens is 402 g/mol. The maximum absolute atomic E-state index is 13.2. The number of ether oxygens (including phenoxy) is 3. The average Bonchev–Trinajstić information content (AvgIpc) is 3.33. The van der Waals surface area contributed by atoms with Crippen molar-refractivity contribution in [2.24, 2.45) is 0 Å². The summed E-state index contributed by atoms with van der Waals surface area (Å²) in [6.07, 6.45) is 0. The lowest BCUT2D eigenvalue weighted by molar-refractivity contribution is -0.137. The first-order chi connectivity index (χ1) is 14.8. The number of nitrogens with one attached hydrogen (secondary N) is 2. The molecule has 0 aromatic heterocycles. The van der Waals surface area contributed by atoms with Gasteiger partial charge in [-0.05, 0) is 49.2 Å². The van der Waals surface area contributed by atoms with Gasteiger partial charge in [0.25, 0.3) is 5.91 Å². The maximum atomic E-state index is 13.2. The van der Waals surface area contributed by atoms with E-state index in [-0.39, 0.29) is 13.3 Å². The molecule has 2 aliphatic heterocycles. The predicted molar refractivity (Wildman–Crippen MR) is 110 cm³/mol. The standard InChI is InChI=1S/C22H23N3O6/c1-13(19(26)23-11-14-4-7-16(29-3)8-5-14)25-20(27)22(2,24-21(25)28)15-6-9-17-18(10-15)31-12-30-17/h4-10,13H,11-12H2,1-3H3,(H,23,26)(H,24,28)/t13-,22+/m0/s1. The fourth-order valence-electron chi connectivity index (χ4n) is 3.61. The Morgan fingerprint density at radius 1 is 1.19 bits per heavy atom. The largest absolute Gasteiger partial charge is 0.497 e. The molecule has 0 saturated carbocycles. The topological polar surface area (TPSA) is 106 Å². The lowest BCUT2D eigenvalue weighted by Crippen LogP contribution is -2.49. The lowest BCUT2D eigenvalue weighted by atomic mass is 9.91. The van der Waals surface area contributed by atoms with Gasteiger partial charge in [0.2, 0.25) is 12.7 Å². The van der Waals surface area contributed by atoms with E-state index in [9.17, 15) is 14.4 Å². The van der Waals surface area contributed by atoms with Crippen molar-refractivity contribution in [2.45, 2.75) is 32.0 Å². The number of methoxy groups -OCH3 is 1. The van der Waals surface area contributed by atoms with Crippen LogP contribution in [0.15, 0.2) is 42.5 Å². The van der Waals surface area contributed by atoms with Crippen molar-refractivity contribution in [3.05, 3.63) is 53.6 Å². The molecule has 0 aliphatic carbocycles. The Labute approximate surface area is 179 Å². The Hall–Kier alpha value is -3.75. The molecule has 2 aromatic rings. The van der Waals surface area contributed by atoms with Gasteiger partial charge >= 0.3 is 6.03 Å². The molecule has 0 unspecified atom stereocenters. The van der Waals surface area contributed by atoms with E-state index in [0.29, 0.717) is 22.8 Å². The van der Waals surface area contributed by atoms with Gasteiger partial charge in [-0.1, -0.05) is 18.2 Å². The summed E-state index contributed by atoms with van der Waals surface area (Å²) in [6.45, 7) is 3.49. The number of nitrogens with zero attached hydrogens (tertiary/aromatic N) is 1. The van der Waals surface area contributed by atoms with E-state index in [0.717, 1.165) is 10.5 Å². The molecule has 0 spiro atoms. The summed E-state index contributed by atoms with van der Waals surface area (Å²) in [5.41, 5.74) is 0.0926. The molecule has 0 bridgehead atoms. The van der Waals surface area contributed by atoms with Gasteiger partial charge in [-0.2, -0.15) is 0 Å². The van der Waals surface area contributed by atoms with Gasteiger partial charge in [-0.25, -0.2) is 9.69 Å². The summed E-state index contributed by atoms with van der Waals surface area (Å²) in [4.78, 5) is 39.5. The molecule has 4 amide bonds. The van der Waals surface area contributed by atoms with Crippen LogP contribution in [0.3, 0.4) is 0 Å². The zero-order chi connectivity index (χ0) is 22.2. The Bertz CT molecular complexity index is 1040. The van der Waals surface area contributed by atoms with Crippen LogP contribution in [0, 0.1) is 0 Å². The molecule has 2 aliphatic rings. The number of amides is 4. The molecule has 2 atom stereocenters. The molecule has 9 nitrogen and oxygen atoms in total. The Morgan fingerprint density at radius 2 is 1.90 bits per heavy atom. The lowest BCUT2D eigenvalue weighted by Gasteiger charge is -2.24. The molecule has 2 aromatic carbocycles. The van der Waals surface area contributed by atoms with Crippen LogP contribution >= 0.6 is 0 Å². The highest BCUT2D eigenvalue weighted by molar-refractivity contribution is 6.10. The first kappa shape index (κ1) is 20.5. The van der Waals surface area contributed by atoms with E-state index in [2.05, 4.69) is 10.6 Å². The zero-order valence-electron chi connectivity index (χ0n) is 17.4. The van der Waals surface area contributed by atoms with E-state index in [1.165, 1.54) is 6.92 Å². The van der Waals surface area contributed by atoms with Crippen LogP contribution in [0.2, 0.25) is 0 Å². The van der Waals surface area contributed by atoms with Gasteiger partial charge in [0.1, 0.15) is 17.3 Å². The predicted octanol–water partition coefficient (Wildman–Crippen LogP) is 1.90. The van der Waals surface area contributed by atoms with E-state index in [4.69, 9.17) is 14.2 Å². The number of fused-ring (bicyclic) bond motifs is 1. The monoisotopic (exact) mass is 425 g/mol. The first-order valence-electron chi connectivity index (χ1n) is 9.80. The molecule has 2 heterocycles. The molecule has 162 valence electrons. The van der Waals surface area contributed by atoms with E-state index in [1.807, 2.05) is 12.1 Å². The van der Waals surface area contributed by atoms with Crippen LogP contribution in [-0.4, -0.2) is 42.7 Å². The summed E-state index contributed by atoms with van der Waals surface area (Å²) in [7, 11) is 1.58. The second kappa shape index (κ2) is 7.82. The summed E-state index contributed by atoms with van der Waals surface area (Å²) in [5, 5.41) is 5.47. The van der Waals surface area contributed by atoms with E-state index < -0.39 is 29.4 Å². The number of benzene rings is 2. The Morgan fingerprint density at radius 3 is 2.61 bits per heavy atom. The zero-order valence-corrected chi connectivity index (χ0v) is 17.4. The fourth-order valence-corrected chi connectivity index (χ4v) is 3.61. The number of carbonyl (C=O) groups excluding carboxylic acids is 3. The number of urea groups is 1. The molecule has 1 fully saturated rings. The first-order valence-corrected chi connectivity index (χ1v) is 9.80. The van der Waals surface area contributed by atoms with Crippen molar-refractivity contribution in [1.82, 2.24) is 15.5 Å². The summed E-state index contributed by atoms with van der Waals surface area (Å²) in [6, 6.07) is 10.7. The fraction of sp³-hybridized carbons (Fsp3) is 0.318. The molecule has 4 rings (SSSR count). The molecule has 1 saturated heterocycles. The van der Waals surface area contributed by atoms with Gasteiger partial charge in [0.15, 0.2) is 11.5 Å². The van der Waals surface area contributed by atoms with Gasteiger partial charge in [0.05, 0.1) is 7.11 Å². The molecule has 2 N–H and O–H groups in total. The summed E-state index contributed by atoms with van der Waals surface area (Å²) in [5.74, 6) is 0.847. The molecular formula is C22H23N3O6. The number of rotatable bonds is 6. The van der Waals surface area contributed by atoms with Crippen molar-refractivity contribution in [2.75, 3.05) is 13.9 Å². The number of imide groups is 1. The van der Waals surface area contributed by atoms with Crippen LogP contribution in [0.1, 0.15) is 25.0 Å². The molecule has 0 radical (unpaired) electrons. The highest BCUT2D eigenvalue weighted by Gasteiger charge is 2.52. The van der Waals surface area contributed by atoms with Crippen LogP contribution in [0.25, 0.3) is 0 Å². The number of hydrogen-bond acceptors (Lipinski definition) is 6. The van der Waals surface area contributed by atoms with Crippen LogP contribution in [-0.2, 0) is 21.7 Å². The second-order valence-electron chi connectivity index (χ2n) is 7.54. The number of hydrogen-bond donors (Lipinski definition) is 2. The van der Waals surface area contributed by atoms with E-state index in [1.54, 1.807) is 44.4 Å². The quantitative estimate of drug-likeness (QED) is 0.685. The smallest absolute Gasteiger partial charge is 0.326 e. The summed E-state index contributed by atoms with van der Waals surface area (Å²) < 4.78 is 15.8. The maximum Gasteiger partial charge on any atom is 0.326 e. The van der Waals surface area contributed by atoms with Crippen molar-refractivity contribution in [3.63, 3.8) is 0 Å². The van der Waals surface area contributed by atoms with Crippen LogP contribution < -0.4 is 24.8 Å². The summed E-state index contributed by atoms with van der Waals surface area (Å²) >= 11 is 0. The average molecular weight is 425 g/mol. The Balaban J connectivity index is 1.46. The second-order valence-corrected chi connectivity index (χ2v) is 7.54.